The van der Waals surface area contributed by atoms with Gasteiger partial charge in [-0.05, 0) is 53.9 Å². The van der Waals surface area contributed by atoms with E-state index in [1.807, 2.05) is 49.4 Å². The number of nitrogens with zero attached hydrogens (tertiary/aromatic N) is 2. The highest BCUT2D eigenvalue weighted by molar-refractivity contribution is 7.14. The van der Waals surface area contributed by atoms with E-state index >= 15 is 0 Å². The number of hydrogen-bond acceptors (Lipinski definition) is 7. The van der Waals surface area contributed by atoms with Crippen molar-refractivity contribution in [3.8, 4) is 11.5 Å². The summed E-state index contributed by atoms with van der Waals surface area (Å²) in [6.45, 7) is 2.96. The van der Waals surface area contributed by atoms with Gasteiger partial charge < -0.3 is 14.6 Å². The summed E-state index contributed by atoms with van der Waals surface area (Å²) in [6.07, 6.45) is 2.45. The van der Waals surface area contributed by atoms with E-state index < -0.39 is 17.7 Å². The number of benzene rings is 3. The van der Waals surface area contributed by atoms with Crippen molar-refractivity contribution in [3.63, 3.8) is 0 Å². The summed E-state index contributed by atoms with van der Waals surface area (Å²) >= 11 is 1.24. The first-order chi connectivity index (χ1) is 18.6. The molecule has 1 aromatic heterocycles. The smallest absolute Gasteiger partial charge is 0.301 e. The largest absolute Gasteiger partial charge is 0.507 e. The van der Waals surface area contributed by atoms with Crippen LogP contribution < -0.4 is 14.4 Å². The van der Waals surface area contributed by atoms with Gasteiger partial charge >= 0.3 is 5.91 Å². The number of aromatic nitrogens is 1. The van der Waals surface area contributed by atoms with E-state index in [9.17, 15) is 14.7 Å². The Morgan fingerprint density at radius 2 is 1.76 bits per heavy atom. The third-order valence-electron chi connectivity index (χ3n) is 6.09. The van der Waals surface area contributed by atoms with E-state index in [0.29, 0.717) is 41.0 Å². The van der Waals surface area contributed by atoms with E-state index in [4.69, 9.17) is 9.47 Å². The van der Waals surface area contributed by atoms with Crippen LogP contribution in [0.4, 0.5) is 5.13 Å². The number of thiazole rings is 1. The quantitative estimate of drug-likeness (QED) is 0.160. The number of hydrogen-bond donors (Lipinski definition) is 1. The summed E-state index contributed by atoms with van der Waals surface area (Å²) in [7, 11) is 0. The molecule has 1 saturated heterocycles. The predicted octanol–water partition coefficient (Wildman–Crippen LogP) is 6.14. The first-order valence-corrected chi connectivity index (χ1v) is 13.1. The lowest BCUT2D eigenvalue weighted by atomic mass is 9.95. The molecule has 1 amide bonds. The Hall–Kier alpha value is -4.43. The molecule has 3 aromatic carbocycles. The fraction of sp³-hybridized carbons (Fsp3) is 0.167. The van der Waals surface area contributed by atoms with E-state index in [-0.39, 0.29) is 11.3 Å². The van der Waals surface area contributed by atoms with Gasteiger partial charge in [0.05, 0.1) is 18.2 Å². The van der Waals surface area contributed by atoms with Gasteiger partial charge in [0.15, 0.2) is 5.13 Å². The highest BCUT2D eigenvalue weighted by atomic mass is 32.1. The molecule has 0 aliphatic carbocycles. The number of ketones is 1. The van der Waals surface area contributed by atoms with Crippen LogP contribution in [0.3, 0.4) is 0 Å². The minimum absolute atomic E-state index is 0.00682. The van der Waals surface area contributed by atoms with Crippen LogP contribution in [0.5, 0.6) is 11.5 Å². The normalized spacial score (nSPS) is 16.6. The molecule has 1 aliphatic heterocycles. The average molecular weight is 527 g/mol. The van der Waals surface area contributed by atoms with E-state index in [1.54, 1.807) is 48.0 Å². The monoisotopic (exact) mass is 526 g/mol. The van der Waals surface area contributed by atoms with Gasteiger partial charge in [0.2, 0.25) is 0 Å². The maximum absolute atomic E-state index is 13.3. The second kappa shape index (κ2) is 11.3. The van der Waals surface area contributed by atoms with Crippen LogP contribution in [-0.4, -0.2) is 28.4 Å². The maximum atomic E-state index is 13.3. The van der Waals surface area contributed by atoms with Gasteiger partial charge in [-0.15, -0.1) is 11.3 Å². The Labute approximate surface area is 224 Å². The van der Waals surface area contributed by atoms with Crippen molar-refractivity contribution >= 4 is 33.9 Å². The Balaban J connectivity index is 1.54. The SMILES string of the molecule is CCCOc1ccc(C(O)=C2C(=O)C(=O)N(c3nccs3)C2c2cccc(OCc3ccccc3)c2)cc1. The molecule has 1 unspecified atom stereocenters. The van der Waals surface area contributed by atoms with Crippen LogP contribution in [0.15, 0.2) is 96.0 Å². The van der Waals surface area contributed by atoms with E-state index in [0.717, 1.165) is 12.0 Å². The van der Waals surface area contributed by atoms with Crippen molar-refractivity contribution in [2.75, 3.05) is 11.5 Å². The fourth-order valence-electron chi connectivity index (χ4n) is 4.28. The maximum Gasteiger partial charge on any atom is 0.301 e. The summed E-state index contributed by atoms with van der Waals surface area (Å²) in [4.78, 5) is 32.2. The van der Waals surface area contributed by atoms with Crippen molar-refractivity contribution in [1.82, 2.24) is 4.98 Å². The molecule has 1 N–H and O–H groups in total. The average Bonchev–Trinajstić information content (AvgIpc) is 3.58. The Morgan fingerprint density at radius 1 is 0.974 bits per heavy atom. The Morgan fingerprint density at radius 3 is 2.47 bits per heavy atom. The summed E-state index contributed by atoms with van der Waals surface area (Å²) in [5.41, 5.74) is 2.03. The van der Waals surface area contributed by atoms with Crippen LogP contribution >= 0.6 is 11.3 Å². The van der Waals surface area contributed by atoms with Crippen molar-refractivity contribution in [2.24, 2.45) is 0 Å². The molecule has 2 heterocycles. The van der Waals surface area contributed by atoms with Crippen LogP contribution in [0.2, 0.25) is 0 Å². The Bertz CT molecular complexity index is 1450. The number of carbonyl (C=O) groups is 2. The van der Waals surface area contributed by atoms with E-state index in [1.165, 1.54) is 16.2 Å². The lowest BCUT2D eigenvalue weighted by Crippen LogP contribution is -2.29. The van der Waals surface area contributed by atoms with Gasteiger partial charge in [0.1, 0.15) is 23.9 Å². The number of anilines is 1. The van der Waals surface area contributed by atoms with Crippen molar-refractivity contribution in [2.45, 2.75) is 26.0 Å². The van der Waals surface area contributed by atoms with Crippen LogP contribution in [0.1, 0.15) is 36.1 Å². The topological polar surface area (TPSA) is 89.0 Å². The second-order valence-corrected chi connectivity index (χ2v) is 9.58. The lowest BCUT2D eigenvalue weighted by Gasteiger charge is -2.23. The molecule has 5 rings (SSSR count). The number of carbonyl (C=O) groups excluding carboxylic acids is 2. The fourth-order valence-corrected chi connectivity index (χ4v) is 4.95. The summed E-state index contributed by atoms with van der Waals surface area (Å²) < 4.78 is 11.6. The lowest BCUT2D eigenvalue weighted by molar-refractivity contribution is -0.132. The summed E-state index contributed by atoms with van der Waals surface area (Å²) in [5.74, 6) is -0.542. The van der Waals surface area contributed by atoms with Gasteiger partial charge in [-0.1, -0.05) is 49.4 Å². The molecule has 7 nitrogen and oxygen atoms in total. The van der Waals surface area contributed by atoms with Gasteiger partial charge in [-0.3, -0.25) is 14.5 Å². The van der Waals surface area contributed by atoms with Crippen molar-refractivity contribution < 1.29 is 24.2 Å². The molecular weight excluding hydrogens is 500 g/mol. The number of ether oxygens (including phenoxy) is 2. The number of Topliss-reactive ketones (excluding diaryl/α,β-unsaturated/α-hetero) is 1. The standard InChI is InChI=1S/C30H26N2O5S/c1-2-16-36-23-13-11-21(12-14-23)27(33)25-26(32(29(35)28(25)34)30-31-15-17-38-30)22-9-6-10-24(18-22)37-19-20-7-4-3-5-8-20/h3-15,17-18,26,33H,2,16,19H2,1H3. The van der Waals surface area contributed by atoms with Crippen molar-refractivity contribution in [1.29, 1.82) is 0 Å². The van der Waals surface area contributed by atoms with Crippen LogP contribution in [0.25, 0.3) is 5.76 Å². The molecule has 1 atom stereocenters. The zero-order chi connectivity index (χ0) is 26.5. The molecule has 38 heavy (non-hydrogen) atoms. The Kier molecular flexibility index (Phi) is 7.51. The molecule has 0 saturated carbocycles. The van der Waals surface area contributed by atoms with Gasteiger partial charge in [-0.2, -0.15) is 0 Å². The first-order valence-electron chi connectivity index (χ1n) is 12.3. The molecule has 192 valence electrons. The molecule has 1 fully saturated rings. The first kappa shape index (κ1) is 25.2. The van der Waals surface area contributed by atoms with Gasteiger partial charge in [-0.25, -0.2) is 4.98 Å². The number of aliphatic hydroxyl groups is 1. The number of rotatable bonds is 9. The predicted molar refractivity (Wildman–Crippen MR) is 146 cm³/mol. The minimum atomic E-state index is -0.877. The van der Waals surface area contributed by atoms with Crippen LogP contribution in [0, 0.1) is 0 Å². The molecular formula is C30H26N2O5S. The molecule has 0 bridgehead atoms. The van der Waals surface area contributed by atoms with Gasteiger partial charge in [0.25, 0.3) is 5.78 Å². The summed E-state index contributed by atoms with van der Waals surface area (Å²) in [6, 6.07) is 22.9. The molecule has 4 aromatic rings. The molecule has 8 heteroatoms. The highest BCUT2D eigenvalue weighted by Crippen LogP contribution is 2.43. The zero-order valence-corrected chi connectivity index (χ0v) is 21.6. The zero-order valence-electron chi connectivity index (χ0n) is 20.7. The number of aliphatic hydroxyl groups excluding tert-OH is 1. The highest BCUT2D eigenvalue weighted by Gasteiger charge is 2.48. The second-order valence-electron chi connectivity index (χ2n) is 8.70. The van der Waals surface area contributed by atoms with E-state index in [2.05, 4.69) is 4.98 Å². The molecule has 0 radical (unpaired) electrons. The van der Waals surface area contributed by atoms with Crippen LogP contribution in [-0.2, 0) is 16.2 Å². The summed E-state index contributed by atoms with van der Waals surface area (Å²) in [5, 5.41) is 13.4. The third kappa shape index (κ3) is 5.17. The third-order valence-corrected chi connectivity index (χ3v) is 6.86. The minimum Gasteiger partial charge on any atom is -0.507 e. The van der Waals surface area contributed by atoms with Gasteiger partial charge in [0, 0.05) is 17.1 Å². The number of amides is 1. The molecule has 0 spiro atoms. The molecule has 1 aliphatic rings. The van der Waals surface area contributed by atoms with Crippen molar-refractivity contribution in [3.05, 3.63) is 113 Å².